The highest BCUT2D eigenvalue weighted by atomic mass is 15.3. The minimum absolute atomic E-state index is 0.761. The summed E-state index contributed by atoms with van der Waals surface area (Å²) in [5.74, 6) is 0.974. The summed E-state index contributed by atoms with van der Waals surface area (Å²) in [6.45, 7) is 1.75. The largest absolute Gasteiger partial charge is 0.346 e. The highest BCUT2D eigenvalue weighted by Gasteiger charge is 2.19. The quantitative estimate of drug-likeness (QED) is 0.832. The molecule has 1 aliphatic carbocycles. The Morgan fingerprint density at radius 1 is 1.47 bits per heavy atom. The number of aromatic nitrogens is 4. The first kappa shape index (κ1) is 10.5. The van der Waals surface area contributed by atoms with Gasteiger partial charge in [-0.25, -0.2) is 0 Å². The monoisotopic (exact) mass is 231 g/mol. The van der Waals surface area contributed by atoms with Gasteiger partial charge in [-0.2, -0.15) is 0 Å². The van der Waals surface area contributed by atoms with Gasteiger partial charge in [0.15, 0.2) is 5.82 Å². The molecule has 0 aromatic carbocycles. The molecule has 2 aromatic heterocycles. The third kappa shape index (κ3) is 2.55. The molecule has 5 heteroatoms. The smallest absolute Gasteiger partial charge is 0.152 e. The lowest BCUT2D eigenvalue weighted by Crippen LogP contribution is -2.14. The number of rotatable bonds is 5. The zero-order valence-electron chi connectivity index (χ0n) is 10.0. The lowest BCUT2D eigenvalue weighted by atomic mass is 10.3. The summed E-state index contributed by atoms with van der Waals surface area (Å²) in [4.78, 5) is 0. The van der Waals surface area contributed by atoms with Crippen LogP contribution in [0.1, 0.15) is 24.2 Å². The molecule has 0 bridgehead atoms. The molecule has 2 aromatic rings. The summed E-state index contributed by atoms with van der Waals surface area (Å²) >= 11 is 0. The van der Waals surface area contributed by atoms with E-state index in [1.54, 1.807) is 6.33 Å². The maximum atomic E-state index is 4.08. The average Bonchev–Trinajstić information content (AvgIpc) is 2.92. The van der Waals surface area contributed by atoms with Crippen LogP contribution < -0.4 is 5.32 Å². The van der Waals surface area contributed by atoms with E-state index in [1.807, 2.05) is 11.6 Å². The molecule has 1 saturated carbocycles. The van der Waals surface area contributed by atoms with E-state index in [-0.39, 0.29) is 0 Å². The van der Waals surface area contributed by atoms with Crippen molar-refractivity contribution in [3.8, 4) is 0 Å². The molecule has 1 N–H and O–H groups in total. The van der Waals surface area contributed by atoms with E-state index in [4.69, 9.17) is 0 Å². The second-order valence-electron chi connectivity index (χ2n) is 4.71. The fourth-order valence-corrected chi connectivity index (χ4v) is 1.86. The summed E-state index contributed by atoms with van der Waals surface area (Å²) in [7, 11) is 1.97. The van der Waals surface area contributed by atoms with Gasteiger partial charge in [0, 0.05) is 32.0 Å². The standard InChI is InChI=1S/C12H17N5/c1-16-9-14-15-12(16)8-17-5-4-10(7-17)6-13-11-2-3-11/h4-5,7,9,11,13H,2-3,6,8H2,1H3. The van der Waals surface area contributed by atoms with Crippen LogP contribution in [0.2, 0.25) is 0 Å². The molecule has 0 atom stereocenters. The Bertz CT molecular complexity index is 494. The third-order valence-electron chi connectivity index (χ3n) is 3.11. The van der Waals surface area contributed by atoms with Crippen molar-refractivity contribution in [3.63, 3.8) is 0 Å². The molecule has 0 amide bonds. The minimum atomic E-state index is 0.761. The number of nitrogens with zero attached hydrogens (tertiary/aromatic N) is 4. The van der Waals surface area contributed by atoms with Crippen LogP contribution in [0.15, 0.2) is 24.8 Å². The lowest BCUT2D eigenvalue weighted by molar-refractivity contribution is 0.676. The normalized spacial score (nSPS) is 15.4. The van der Waals surface area contributed by atoms with Crippen molar-refractivity contribution in [3.05, 3.63) is 36.2 Å². The Balaban J connectivity index is 1.61. The summed E-state index contributed by atoms with van der Waals surface area (Å²) in [5, 5.41) is 11.5. The van der Waals surface area contributed by atoms with Crippen LogP contribution in [0.4, 0.5) is 0 Å². The Kier molecular flexibility index (Phi) is 2.68. The zero-order chi connectivity index (χ0) is 11.7. The van der Waals surface area contributed by atoms with E-state index in [0.717, 1.165) is 25.0 Å². The molecule has 2 heterocycles. The van der Waals surface area contributed by atoms with Gasteiger partial charge in [0.2, 0.25) is 0 Å². The van der Waals surface area contributed by atoms with Crippen LogP contribution in [0, 0.1) is 0 Å². The van der Waals surface area contributed by atoms with Gasteiger partial charge in [-0.05, 0) is 24.5 Å². The molecule has 1 aliphatic rings. The maximum absolute atomic E-state index is 4.08. The van der Waals surface area contributed by atoms with Gasteiger partial charge < -0.3 is 14.5 Å². The summed E-state index contributed by atoms with van der Waals surface area (Å²) in [6.07, 6.45) is 8.66. The zero-order valence-corrected chi connectivity index (χ0v) is 10.0. The van der Waals surface area contributed by atoms with Crippen LogP contribution in [0.5, 0.6) is 0 Å². The van der Waals surface area contributed by atoms with Crippen LogP contribution in [0.25, 0.3) is 0 Å². The Hall–Kier alpha value is -1.62. The van der Waals surface area contributed by atoms with Crippen molar-refractivity contribution in [1.29, 1.82) is 0 Å². The molecule has 0 saturated heterocycles. The van der Waals surface area contributed by atoms with E-state index in [0.29, 0.717) is 0 Å². The van der Waals surface area contributed by atoms with E-state index >= 15 is 0 Å². The van der Waals surface area contributed by atoms with Gasteiger partial charge in [-0.15, -0.1) is 10.2 Å². The molecule has 90 valence electrons. The van der Waals surface area contributed by atoms with Crippen LogP contribution >= 0.6 is 0 Å². The molecular formula is C12H17N5. The van der Waals surface area contributed by atoms with E-state index in [2.05, 4.69) is 38.5 Å². The van der Waals surface area contributed by atoms with Crippen molar-refractivity contribution in [2.45, 2.75) is 32.0 Å². The van der Waals surface area contributed by atoms with E-state index in [9.17, 15) is 0 Å². The predicted molar refractivity (Wildman–Crippen MR) is 64.4 cm³/mol. The van der Waals surface area contributed by atoms with Crippen LogP contribution in [-0.2, 0) is 20.1 Å². The van der Waals surface area contributed by atoms with Crippen molar-refractivity contribution in [1.82, 2.24) is 24.6 Å². The predicted octanol–water partition coefficient (Wildman–Crippen LogP) is 0.917. The minimum Gasteiger partial charge on any atom is -0.346 e. The van der Waals surface area contributed by atoms with Crippen molar-refractivity contribution in [2.75, 3.05) is 0 Å². The second kappa shape index (κ2) is 4.33. The molecule has 1 fully saturated rings. The molecule has 5 nitrogen and oxygen atoms in total. The average molecular weight is 231 g/mol. The molecule has 0 unspecified atom stereocenters. The number of nitrogens with one attached hydrogen (secondary N) is 1. The second-order valence-corrected chi connectivity index (χ2v) is 4.71. The van der Waals surface area contributed by atoms with Crippen molar-refractivity contribution < 1.29 is 0 Å². The van der Waals surface area contributed by atoms with Crippen molar-refractivity contribution >= 4 is 0 Å². The fraction of sp³-hybridized carbons (Fsp3) is 0.500. The van der Waals surface area contributed by atoms with Gasteiger partial charge in [-0.1, -0.05) is 0 Å². The van der Waals surface area contributed by atoms with Gasteiger partial charge >= 0.3 is 0 Å². The lowest BCUT2D eigenvalue weighted by Gasteiger charge is -2.02. The van der Waals surface area contributed by atoms with Gasteiger partial charge in [-0.3, -0.25) is 0 Å². The SMILES string of the molecule is Cn1cnnc1Cn1ccc(CNC2CC2)c1. The fourth-order valence-electron chi connectivity index (χ4n) is 1.86. The molecule has 0 spiro atoms. The molecule has 0 aliphatic heterocycles. The van der Waals surface area contributed by atoms with Crippen molar-refractivity contribution in [2.24, 2.45) is 7.05 Å². The number of aryl methyl sites for hydroxylation is 1. The number of hydrogen-bond acceptors (Lipinski definition) is 3. The van der Waals surface area contributed by atoms with Gasteiger partial charge in [0.25, 0.3) is 0 Å². The molecule has 0 radical (unpaired) electrons. The number of hydrogen-bond donors (Lipinski definition) is 1. The molecule has 3 rings (SSSR count). The summed E-state index contributed by atoms with van der Waals surface area (Å²) < 4.78 is 4.09. The topological polar surface area (TPSA) is 47.7 Å². The highest BCUT2D eigenvalue weighted by Crippen LogP contribution is 2.19. The molecular weight excluding hydrogens is 214 g/mol. The first-order valence-electron chi connectivity index (χ1n) is 6.02. The third-order valence-corrected chi connectivity index (χ3v) is 3.11. The Morgan fingerprint density at radius 2 is 2.35 bits per heavy atom. The summed E-state index contributed by atoms with van der Waals surface area (Å²) in [5.41, 5.74) is 1.33. The van der Waals surface area contributed by atoms with Crippen LogP contribution in [-0.4, -0.2) is 25.4 Å². The Labute approximate surface area is 100 Å². The first-order valence-corrected chi connectivity index (χ1v) is 6.02. The Morgan fingerprint density at radius 3 is 3.06 bits per heavy atom. The van der Waals surface area contributed by atoms with Crippen LogP contribution in [0.3, 0.4) is 0 Å². The molecule has 17 heavy (non-hydrogen) atoms. The first-order chi connectivity index (χ1) is 8.31. The van der Waals surface area contributed by atoms with E-state index in [1.165, 1.54) is 18.4 Å². The van der Waals surface area contributed by atoms with E-state index < -0.39 is 0 Å². The summed E-state index contributed by atoms with van der Waals surface area (Å²) in [6, 6.07) is 2.92. The maximum Gasteiger partial charge on any atom is 0.152 e. The van der Waals surface area contributed by atoms with Gasteiger partial charge in [0.05, 0.1) is 6.54 Å². The van der Waals surface area contributed by atoms with Gasteiger partial charge in [0.1, 0.15) is 6.33 Å². The highest BCUT2D eigenvalue weighted by molar-refractivity contribution is 5.11.